The summed E-state index contributed by atoms with van der Waals surface area (Å²) in [5, 5.41) is 11.9. The molecule has 0 radical (unpaired) electrons. The van der Waals surface area contributed by atoms with Crippen molar-refractivity contribution in [3.63, 3.8) is 0 Å². The lowest BCUT2D eigenvalue weighted by molar-refractivity contribution is -0.109. The average Bonchev–Trinajstić information content (AvgIpc) is 2.92. The fourth-order valence-corrected chi connectivity index (χ4v) is 3.20. The topological polar surface area (TPSA) is 49.9 Å². The molecule has 3 unspecified atom stereocenters. The molecule has 1 aromatic carbocycles. The molecule has 4 nitrogen and oxygen atoms in total. The summed E-state index contributed by atoms with van der Waals surface area (Å²) in [5.74, 6) is 0. The quantitative estimate of drug-likeness (QED) is 0.875. The van der Waals surface area contributed by atoms with Crippen molar-refractivity contribution >= 4 is 16.6 Å². The van der Waals surface area contributed by atoms with Crippen LogP contribution in [0.5, 0.6) is 0 Å². The summed E-state index contributed by atoms with van der Waals surface area (Å²) in [5.41, 5.74) is 2.45. The number of aromatic amines is 1. The molecule has 1 saturated carbocycles. The van der Waals surface area contributed by atoms with Gasteiger partial charge in [-0.1, -0.05) is 13.8 Å². The van der Waals surface area contributed by atoms with Gasteiger partial charge in [-0.2, -0.15) is 5.10 Å². The maximum Gasteiger partial charge on any atom is 0.0670 e. The van der Waals surface area contributed by atoms with Crippen LogP contribution in [0.1, 0.15) is 33.6 Å². The average molecular weight is 273 g/mol. The van der Waals surface area contributed by atoms with Crippen molar-refractivity contribution in [3.05, 3.63) is 24.4 Å². The highest BCUT2D eigenvalue weighted by Gasteiger charge is 2.51. The molecule has 0 saturated heterocycles. The van der Waals surface area contributed by atoms with Gasteiger partial charge in [-0.15, -0.1) is 0 Å². The number of fused-ring (bicyclic) bond motifs is 1. The minimum atomic E-state index is 0.221. The van der Waals surface area contributed by atoms with E-state index in [0.29, 0.717) is 12.1 Å². The minimum absolute atomic E-state index is 0.221. The van der Waals surface area contributed by atoms with Crippen LogP contribution in [0.25, 0.3) is 10.9 Å². The molecule has 1 heterocycles. The number of aromatic nitrogens is 2. The number of nitrogens with zero attached hydrogens (tertiary/aromatic N) is 1. The minimum Gasteiger partial charge on any atom is -0.382 e. The van der Waals surface area contributed by atoms with Crippen LogP contribution < -0.4 is 5.32 Å². The van der Waals surface area contributed by atoms with Gasteiger partial charge < -0.3 is 10.1 Å². The number of benzene rings is 1. The molecule has 2 aromatic rings. The number of hydrogen-bond donors (Lipinski definition) is 2. The van der Waals surface area contributed by atoms with Crippen molar-refractivity contribution in [2.24, 2.45) is 5.41 Å². The zero-order chi connectivity index (χ0) is 14.2. The summed E-state index contributed by atoms with van der Waals surface area (Å²) in [4.78, 5) is 0. The molecule has 0 aliphatic heterocycles. The van der Waals surface area contributed by atoms with E-state index in [2.05, 4.69) is 54.5 Å². The first-order valence-corrected chi connectivity index (χ1v) is 7.48. The second kappa shape index (κ2) is 5.09. The van der Waals surface area contributed by atoms with E-state index in [1.807, 2.05) is 6.20 Å². The lowest BCUT2D eigenvalue weighted by Gasteiger charge is -2.54. The summed E-state index contributed by atoms with van der Waals surface area (Å²) >= 11 is 0. The molecule has 1 aromatic heterocycles. The van der Waals surface area contributed by atoms with Gasteiger partial charge in [-0.05, 0) is 38.0 Å². The number of nitrogens with one attached hydrogen (secondary N) is 2. The Bertz CT molecular complexity index is 594. The van der Waals surface area contributed by atoms with Crippen molar-refractivity contribution in [1.29, 1.82) is 0 Å². The lowest BCUT2D eigenvalue weighted by atomic mass is 9.61. The van der Waals surface area contributed by atoms with Crippen LogP contribution in [-0.2, 0) is 4.74 Å². The molecular weight excluding hydrogens is 250 g/mol. The Labute approximate surface area is 119 Å². The molecule has 0 amide bonds. The molecule has 1 aliphatic rings. The maximum absolute atomic E-state index is 5.85. The van der Waals surface area contributed by atoms with Crippen molar-refractivity contribution in [3.8, 4) is 0 Å². The van der Waals surface area contributed by atoms with E-state index in [4.69, 9.17) is 4.74 Å². The first-order valence-electron chi connectivity index (χ1n) is 7.48. The van der Waals surface area contributed by atoms with E-state index >= 15 is 0 Å². The van der Waals surface area contributed by atoms with E-state index in [0.717, 1.165) is 36.0 Å². The Kier molecular flexibility index (Phi) is 3.42. The number of ether oxygens (including phenoxy) is 1. The van der Waals surface area contributed by atoms with Crippen LogP contribution in [0.3, 0.4) is 0 Å². The van der Waals surface area contributed by atoms with Crippen molar-refractivity contribution in [1.82, 2.24) is 10.2 Å². The molecule has 3 rings (SSSR count). The highest BCUT2D eigenvalue weighted by molar-refractivity contribution is 5.81. The van der Waals surface area contributed by atoms with E-state index in [1.54, 1.807) is 0 Å². The van der Waals surface area contributed by atoms with Crippen LogP contribution in [0.4, 0.5) is 5.69 Å². The largest absolute Gasteiger partial charge is 0.382 e. The molecular formula is C16H23N3O. The van der Waals surface area contributed by atoms with E-state index < -0.39 is 0 Å². The molecule has 0 spiro atoms. The lowest BCUT2D eigenvalue weighted by Crippen LogP contribution is -2.59. The molecule has 1 fully saturated rings. The summed E-state index contributed by atoms with van der Waals surface area (Å²) < 4.78 is 5.85. The third kappa shape index (κ3) is 2.08. The third-order valence-corrected chi connectivity index (χ3v) is 4.89. The highest BCUT2D eigenvalue weighted by Crippen LogP contribution is 2.47. The highest BCUT2D eigenvalue weighted by atomic mass is 16.5. The van der Waals surface area contributed by atoms with Gasteiger partial charge >= 0.3 is 0 Å². The Morgan fingerprint density at radius 3 is 3.05 bits per heavy atom. The van der Waals surface area contributed by atoms with Gasteiger partial charge in [0.2, 0.25) is 0 Å². The fraction of sp³-hybridized carbons (Fsp3) is 0.562. The Hall–Kier alpha value is -1.55. The Balaban J connectivity index is 1.74. The monoisotopic (exact) mass is 273 g/mol. The van der Waals surface area contributed by atoms with Crippen LogP contribution >= 0.6 is 0 Å². The smallest absolute Gasteiger partial charge is 0.0670 e. The Morgan fingerprint density at radius 1 is 1.45 bits per heavy atom. The van der Waals surface area contributed by atoms with Crippen molar-refractivity contribution < 1.29 is 4.74 Å². The van der Waals surface area contributed by atoms with Gasteiger partial charge in [0.1, 0.15) is 0 Å². The zero-order valence-electron chi connectivity index (χ0n) is 12.4. The predicted molar refractivity (Wildman–Crippen MR) is 81.9 cm³/mol. The summed E-state index contributed by atoms with van der Waals surface area (Å²) in [7, 11) is 0. The molecule has 20 heavy (non-hydrogen) atoms. The number of anilines is 1. The molecule has 0 bridgehead atoms. The second-order valence-electron chi connectivity index (χ2n) is 5.91. The van der Waals surface area contributed by atoms with Gasteiger partial charge in [-0.25, -0.2) is 0 Å². The number of H-pyrrole nitrogens is 1. The molecule has 4 heteroatoms. The van der Waals surface area contributed by atoms with Gasteiger partial charge in [0.05, 0.1) is 17.8 Å². The summed E-state index contributed by atoms with van der Waals surface area (Å²) in [6.45, 7) is 7.44. The van der Waals surface area contributed by atoms with E-state index in [9.17, 15) is 0 Å². The van der Waals surface area contributed by atoms with Crippen molar-refractivity contribution in [2.75, 3.05) is 11.9 Å². The molecule has 3 atom stereocenters. The standard InChI is InChI=1S/C16H23N3O/c1-4-16(3)14(9-15(16)20-5-2)18-12-7-6-11-10-17-19-13(11)8-12/h6-8,10,14-15,18H,4-5,9H2,1-3H3,(H,17,19). The van der Waals surface area contributed by atoms with Crippen molar-refractivity contribution in [2.45, 2.75) is 45.8 Å². The fourth-order valence-electron chi connectivity index (χ4n) is 3.20. The van der Waals surface area contributed by atoms with Gasteiger partial charge in [0.25, 0.3) is 0 Å². The third-order valence-electron chi connectivity index (χ3n) is 4.89. The van der Waals surface area contributed by atoms with Gasteiger partial charge in [0, 0.05) is 29.1 Å². The number of hydrogen-bond acceptors (Lipinski definition) is 3. The first kappa shape index (κ1) is 13.4. The molecule has 1 aliphatic carbocycles. The van der Waals surface area contributed by atoms with E-state index in [1.165, 1.54) is 0 Å². The normalized spacial score (nSPS) is 29.4. The second-order valence-corrected chi connectivity index (χ2v) is 5.91. The van der Waals surface area contributed by atoms with E-state index in [-0.39, 0.29) is 5.41 Å². The molecule has 108 valence electrons. The zero-order valence-corrected chi connectivity index (χ0v) is 12.4. The van der Waals surface area contributed by atoms with Crippen LogP contribution in [0.15, 0.2) is 24.4 Å². The van der Waals surface area contributed by atoms with Crippen LogP contribution in [0.2, 0.25) is 0 Å². The predicted octanol–water partition coefficient (Wildman–Crippen LogP) is 3.57. The van der Waals surface area contributed by atoms with Gasteiger partial charge in [-0.3, -0.25) is 5.10 Å². The summed E-state index contributed by atoms with van der Waals surface area (Å²) in [6.07, 6.45) is 4.44. The summed E-state index contributed by atoms with van der Waals surface area (Å²) in [6, 6.07) is 6.83. The Morgan fingerprint density at radius 2 is 2.30 bits per heavy atom. The van der Waals surface area contributed by atoms with Gasteiger partial charge in [0.15, 0.2) is 0 Å². The SMILES string of the molecule is CCOC1CC(Nc2ccc3cn[nH]c3c2)C1(C)CC. The number of rotatable bonds is 5. The van der Waals surface area contributed by atoms with Crippen LogP contribution in [0, 0.1) is 5.41 Å². The first-order chi connectivity index (χ1) is 9.67. The van der Waals surface area contributed by atoms with Crippen LogP contribution in [-0.4, -0.2) is 29.0 Å². The molecule has 2 N–H and O–H groups in total. The maximum atomic E-state index is 5.85.